The Morgan fingerprint density at radius 2 is 1.67 bits per heavy atom. The molecule has 1 aromatic carbocycles. The predicted octanol–water partition coefficient (Wildman–Crippen LogP) is 1.44. The summed E-state index contributed by atoms with van der Waals surface area (Å²) in [6, 6.07) is 8.19. The second-order valence-corrected chi connectivity index (χ2v) is 9.31. The Bertz CT molecular complexity index is 1330. The fraction of sp³-hybridized carbons (Fsp3) is 0.286. The Morgan fingerprint density at radius 1 is 0.923 bits per heavy atom. The number of hydrogen-bond acceptors (Lipinski definition) is 6. The van der Waals surface area contributed by atoms with Crippen LogP contribution in [0, 0.1) is 6.92 Å². The minimum absolute atomic E-state index is 0.150. The molecule has 202 valence electrons. The molecule has 2 atom stereocenters. The Hall–Kier alpha value is -4.80. The van der Waals surface area contributed by atoms with E-state index in [1.165, 1.54) is 7.05 Å². The van der Waals surface area contributed by atoms with E-state index in [0.29, 0.717) is 36.1 Å². The van der Waals surface area contributed by atoms with Crippen molar-refractivity contribution in [3.8, 4) is 0 Å². The molecule has 4 N–H and O–H groups in total. The third kappa shape index (κ3) is 6.75. The van der Waals surface area contributed by atoms with Gasteiger partial charge >= 0.3 is 11.8 Å². The maximum Gasteiger partial charge on any atom is 0.314 e. The predicted molar refractivity (Wildman–Crippen MR) is 143 cm³/mol. The topological polar surface area (TPSA) is 150 Å². The zero-order valence-electron chi connectivity index (χ0n) is 21.7. The summed E-state index contributed by atoms with van der Waals surface area (Å²) in [4.78, 5) is 68.7. The summed E-state index contributed by atoms with van der Waals surface area (Å²) in [7, 11) is 1.51. The molecule has 0 unspecified atom stereocenters. The van der Waals surface area contributed by atoms with Crippen molar-refractivity contribution in [2.24, 2.45) is 0 Å². The van der Waals surface area contributed by atoms with Crippen molar-refractivity contribution in [3.63, 3.8) is 0 Å². The number of rotatable bonds is 6. The summed E-state index contributed by atoms with van der Waals surface area (Å²) < 4.78 is 0. The van der Waals surface area contributed by atoms with Crippen molar-refractivity contribution in [3.05, 3.63) is 83.2 Å². The van der Waals surface area contributed by atoms with Crippen LogP contribution in [-0.2, 0) is 14.4 Å². The van der Waals surface area contributed by atoms with Crippen LogP contribution in [0.25, 0.3) is 0 Å². The van der Waals surface area contributed by atoms with Gasteiger partial charge in [0.1, 0.15) is 5.82 Å². The third-order valence-corrected chi connectivity index (χ3v) is 6.51. The number of amides is 5. The number of aromatic nitrogens is 1. The Kier molecular flexibility index (Phi) is 8.50. The average Bonchev–Trinajstić information content (AvgIpc) is 3.49. The molecule has 0 saturated heterocycles. The van der Waals surface area contributed by atoms with Crippen LogP contribution < -0.4 is 21.3 Å². The van der Waals surface area contributed by atoms with Gasteiger partial charge in [-0.25, -0.2) is 4.98 Å². The monoisotopic (exact) mass is 530 g/mol. The van der Waals surface area contributed by atoms with Crippen LogP contribution in [0.15, 0.2) is 66.5 Å². The van der Waals surface area contributed by atoms with Gasteiger partial charge in [0.15, 0.2) is 0 Å². The molecule has 2 aliphatic rings. The second kappa shape index (κ2) is 12.2. The first-order valence-electron chi connectivity index (χ1n) is 12.6. The minimum atomic E-state index is -0.898. The lowest BCUT2D eigenvalue weighted by Crippen LogP contribution is -2.54. The van der Waals surface area contributed by atoms with Gasteiger partial charge in [0, 0.05) is 42.7 Å². The number of hydrogen-bond donors (Lipinski definition) is 4. The molecule has 11 nitrogen and oxygen atoms in total. The molecule has 1 aliphatic heterocycles. The molecule has 4 rings (SSSR count). The largest absolute Gasteiger partial charge is 0.355 e. The SMILES string of the molecule is CNC(=O)C1=C[C@@H](NC(=O)c2ccc(C(=O)N3C=CCC3)cc2)[C@@H](NC(=O)C(=O)Nc2ccc(C)cn2)CC1. The third-order valence-electron chi connectivity index (χ3n) is 6.51. The van der Waals surface area contributed by atoms with Crippen LogP contribution in [-0.4, -0.2) is 65.1 Å². The lowest BCUT2D eigenvalue weighted by Gasteiger charge is -2.31. The zero-order chi connectivity index (χ0) is 27.9. The van der Waals surface area contributed by atoms with Crippen LogP contribution in [0.1, 0.15) is 45.5 Å². The fourth-order valence-corrected chi connectivity index (χ4v) is 4.33. The molecule has 1 aromatic heterocycles. The van der Waals surface area contributed by atoms with E-state index < -0.39 is 29.8 Å². The van der Waals surface area contributed by atoms with Crippen molar-refractivity contribution in [1.29, 1.82) is 0 Å². The standard InChI is InChI=1S/C28H30N6O5/c1-17-5-12-23(30-16-17)33-27(38)26(37)31-21-11-10-20(24(35)29-2)15-22(21)32-25(36)18-6-8-19(9-7-18)28(39)34-13-3-4-14-34/h3,5-9,12-13,15-16,21-22H,4,10-11,14H2,1-2H3,(H,29,35)(H,31,37)(H,32,36)(H,30,33,38)/t21-,22+/m0/s1. The summed E-state index contributed by atoms with van der Waals surface area (Å²) in [5, 5.41) is 10.5. The van der Waals surface area contributed by atoms with Gasteiger partial charge in [0.05, 0.1) is 12.1 Å². The van der Waals surface area contributed by atoms with Gasteiger partial charge in [-0.2, -0.15) is 0 Å². The van der Waals surface area contributed by atoms with Crippen LogP contribution in [0.3, 0.4) is 0 Å². The smallest absolute Gasteiger partial charge is 0.314 e. The fourth-order valence-electron chi connectivity index (χ4n) is 4.33. The van der Waals surface area contributed by atoms with Crippen molar-refractivity contribution in [2.45, 2.75) is 38.3 Å². The summed E-state index contributed by atoms with van der Waals surface area (Å²) in [6.45, 7) is 2.47. The minimum Gasteiger partial charge on any atom is -0.355 e. The molecule has 0 saturated carbocycles. The number of carbonyl (C=O) groups excluding carboxylic acids is 5. The summed E-state index contributed by atoms with van der Waals surface area (Å²) in [5.41, 5.74) is 2.12. The Labute approximate surface area is 225 Å². The molecule has 0 radical (unpaired) electrons. The van der Waals surface area contributed by atoms with E-state index in [2.05, 4.69) is 26.3 Å². The quantitative estimate of drug-likeness (QED) is 0.415. The van der Waals surface area contributed by atoms with Gasteiger partial charge in [-0.05, 0) is 62.1 Å². The van der Waals surface area contributed by atoms with E-state index in [0.717, 1.165) is 12.0 Å². The van der Waals surface area contributed by atoms with Crippen molar-refractivity contribution in [2.75, 3.05) is 18.9 Å². The van der Waals surface area contributed by atoms with Gasteiger partial charge < -0.3 is 26.2 Å². The highest BCUT2D eigenvalue weighted by Gasteiger charge is 2.31. The van der Waals surface area contributed by atoms with Gasteiger partial charge in [0.2, 0.25) is 5.91 Å². The normalized spacial score (nSPS) is 18.1. The molecule has 2 heterocycles. The number of benzene rings is 1. The first-order chi connectivity index (χ1) is 18.7. The van der Waals surface area contributed by atoms with E-state index in [1.54, 1.807) is 59.8 Å². The van der Waals surface area contributed by atoms with E-state index in [4.69, 9.17) is 0 Å². The van der Waals surface area contributed by atoms with Crippen LogP contribution in [0.5, 0.6) is 0 Å². The van der Waals surface area contributed by atoms with E-state index >= 15 is 0 Å². The number of aryl methyl sites for hydroxylation is 1. The molecule has 11 heteroatoms. The molecule has 0 fully saturated rings. The zero-order valence-corrected chi connectivity index (χ0v) is 21.7. The molecule has 5 amide bonds. The number of pyridine rings is 1. The van der Waals surface area contributed by atoms with E-state index in [9.17, 15) is 24.0 Å². The Morgan fingerprint density at radius 3 is 2.31 bits per heavy atom. The summed E-state index contributed by atoms with van der Waals surface area (Å²) in [5.74, 6) is -2.45. The maximum atomic E-state index is 13.1. The first kappa shape index (κ1) is 27.2. The maximum absolute atomic E-state index is 13.1. The molecule has 2 aromatic rings. The second-order valence-electron chi connectivity index (χ2n) is 9.31. The number of nitrogens with one attached hydrogen (secondary N) is 4. The highest BCUT2D eigenvalue weighted by atomic mass is 16.2. The summed E-state index contributed by atoms with van der Waals surface area (Å²) in [6.07, 6.45) is 8.29. The van der Waals surface area contributed by atoms with Crippen LogP contribution in [0.2, 0.25) is 0 Å². The lowest BCUT2D eigenvalue weighted by atomic mass is 9.90. The van der Waals surface area contributed by atoms with Gasteiger partial charge in [-0.3, -0.25) is 24.0 Å². The van der Waals surface area contributed by atoms with Gasteiger partial charge in [-0.1, -0.05) is 18.2 Å². The highest BCUT2D eigenvalue weighted by molar-refractivity contribution is 6.39. The average molecular weight is 531 g/mol. The van der Waals surface area contributed by atoms with Crippen LogP contribution in [0.4, 0.5) is 5.82 Å². The van der Waals surface area contributed by atoms with Crippen LogP contribution >= 0.6 is 0 Å². The van der Waals surface area contributed by atoms with E-state index in [1.807, 2.05) is 13.0 Å². The van der Waals surface area contributed by atoms with Gasteiger partial charge in [-0.15, -0.1) is 0 Å². The lowest BCUT2D eigenvalue weighted by molar-refractivity contribution is -0.136. The Balaban J connectivity index is 1.45. The molecule has 0 spiro atoms. The molecular weight excluding hydrogens is 500 g/mol. The van der Waals surface area contributed by atoms with Crippen molar-refractivity contribution >= 4 is 35.4 Å². The number of anilines is 1. The van der Waals surface area contributed by atoms with Gasteiger partial charge in [0.25, 0.3) is 11.8 Å². The van der Waals surface area contributed by atoms with E-state index in [-0.39, 0.29) is 17.6 Å². The van der Waals surface area contributed by atoms with Crippen molar-refractivity contribution < 1.29 is 24.0 Å². The van der Waals surface area contributed by atoms with Crippen molar-refractivity contribution in [1.82, 2.24) is 25.8 Å². The number of likely N-dealkylation sites (N-methyl/N-ethyl adjacent to an activating group) is 1. The molecule has 39 heavy (non-hydrogen) atoms. The first-order valence-corrected chi connectivity index (χ1v) is 12.6. The number of nitrogens with zero attached hydrogens (tertiary/aromatic N) is 2. The molecular formula is C28H30N6O5. The highest BCUT2D eigenvalue weighted by Crippen LogP contribution is 2.20. The molecule has 0 bridgehead atoms. The molecule has 1 aliphatic carbocycles. The number of carbonyl (C=O) groups is 5. The summed E-state index contributed by atoms with van der Waals surface area (Å²) >= 11 is 0.